The van der Waals surface area contributed by atoms with E-state index in [4.69, 9.17) is 11.6 Å². The molecule has 39 heavy (non-hydrogen) atoms. The molecule has 1 rings (SSSR count). The van der Waals surface area contributed by atoms with E-state index < -0.39 is 70.7 Å². The molecule has 0 heterocycles. The SMILES string of the molecule is O=C(NN/C(=C(/F)C(=O)C(F)(F)C(F)(F)C(F)(F)C(F)(F)C(F)(F)C(F)(F)F)C(F)(F)F)c1ccc(Cl)cc1. The second kappa shape index (κ2) is 10.2. The van der Waals surface area contributed by atoms with Crippen LogP contribution in [0.15, 0.2) is 35.8 Å². The number of hydrogen-bond donors (Lipinski definition) is 2. The largest absolute Gasteiger partial charge is 0.460 e. The molecule has 0 radical (unpaired) electrons. The van der Waals surface area contributed by atoms with Crippen LogP contribution in [-0.4, -0.2) is 53.7 Å². The molecule has 2 N–H and O–H groups in total. The topological polar surface area (TPSA) is 58.2 Å². The van der Waals surface area contributed by atoms with Gasteiger partial charge in [0.05, 0.1) is 0 Å². The van der Waals surface area contributed by atoms with Crippen molar-refractivity contribution in [3.8, 4) is 0 Å². The molecule has 0 aliphatic rings. The van der Waals surface area contributed by atoms with E-state index in [2.05, 4.69) is 0 Å². The maximum absolute atomic E-state index is 14.0. The maximum Gasteiger partial charge on any atom is 0.460 e. The van der Waals surface area contributed by atoms with E-state index in [-0.39, 0.29) is 5.02 Å². The summed E-state index contributed by atoms with van der Waals surface area (Å²) in [4.78, 5) is 23.1. The van der Waals surface area contributed by atoms with E-state index in [1.165, 1.54) is 0 Å². The lowest BCUT2D eigenvalue weighted by atomic mass is 9.91. The Kier molecular flexibility index (Phi) is 8.89. The van der Waals surface area contributed by atoms with Gasteiger partial charge in [0.15, 0.2) is 5.70 Å². The predicted molar refractivity (Wildman–Crippen MR) is 92.0 cm³/mol. The van der Waals surface area contributed by atoms with Gasteiger partial charge in [-0.25, -0.2) is 4.39 Å². The number of halogens is 18. The number of benzene rings is 1. The molecular weight excluding hydrogens is 623 g/mol. The first-order valence-corrected chi connectivity index (χ1v) is 9.26. The smallest absolute Gasteiger partial charge is 0.291 e. The van der Waals surface area contributed by atoms with Gasteiger partial charge in [-0.05, 0) is 24.3 Å². The van der Waals surface area contributed by atoms with Crippen LogP contribution in [0.2, 0.25) is 5.02 Å². The fraction of sp³-hybridized carbons (Fsp3) is 0.412. The zero-order valence-corrected chi connectivity index (χ0v) is 18.2. The highest BCUT2D eigenvalue weighted by atomic mass is 35.5. The summed E-state index contributed by atoms with van der Waals surface area (Å²) in [6.45, 7) is 0. The van der Waals surface area contributed by atoms with Gasteiger partial charge in [-0.2, -0.15) is 70.2 Å². The van der Waals surface area contributed by atoms with Crippen molar-refractivity contribution in [1.82, 2.24) is 10.9 Å². The summed E-state index contributed by atoms with van der Waals surface area (Å²) < 4.78 is 223. The molecule has 0 aliphatic heterocycles. The molecule has 22 heteroatoms. The van der Waals surface area contributed by atoms with Gasteiger partial charge in [-0.1, -0.05) is 11.6 Å². The van der Waals surface area contributed by atoms with Crippen LogP contribution in [0.25, 0.3) is 0 Å². The van der Waals surface area contributed by atoms with Crippen LogP contribution in [-0.2, 0) is 4.79 Å². The van der Waals surface area contributed by atoms with Crippen LogP contribution in [0.4, 0.5) is 74.6 Å². The summed E-state index contributed by atoms with van der Waals surface area (Å²) >= 11 is 5.45. The fourth-order valence-electron chi connectivity index (χ4n) is 2.21. The third-order valence-corrected chi connectivity index (χ3v) is 4.58. The van der Waals surface area contributed by atoms with Crippen molar-refractivity contribution in [3.63, 3.8) is 0 Å². The number of amides is 1. The Labute approximate surface area is 207 Å². The Morgan fingerprint density at radius 3 is 1.41 bits per heavy atom. The summed E-state index contributed by atoms with van der Waals surface area (Å²) in [6, 6.07) is 3.46. The molecule has 1 aromatic carbocycles. The molecule has 0 fully saturated rings. The molecule has 0 saturated heterocycles. The highest BCUT2D eigenvalue weighted by molar-refractivity contribution is 6.30. The summed E-state index contributed by atoms with van der Waals surface area (Å²) in [6.07, 6.45) is -14.3. The quantitative estimate of drug-likeness (QED) is 0.184. The number of ketones is 1. The summed E-state index contributed by atoms with van der Waals surface area (Å²) in [7, 11) is 0. The number of allylic oxidation sites excluding steroid dienone is 2. The average molecular weight is 629 g/mol. The van der Waals surface area contributed by atoms with Gasteiger partial charge in [0.1, 0.15) is 0 Å². The molecule has 0 saturated carbocycles. The number of nitrogens with one attached hydrogen (secondary N) is 2. The number of hydrazine groups is 1. The molecule has 0 atom stereocenters. The minimum atomic E-state index is -8.56. The van der Waals surface area contributed by atoms with Gasteiger partial charge in [-0.15, -0.1) is 0 Å². The molecule has 0 aromatic heterocycles. The summed E-state index contributed by atoms with van der Waals surface area (Å²) in [5, 5.41) is -0.0504. The number of carbonyl (C=O) groups excluding carboxylic acids is 2. The Morgan fingerprint density at radius 2 is 1.03 bits per heavy atom. The van der Waals surface area contributed by atoms with Gasteiger partial charge in [0.2, 0.25) is 5.83 Å². The molecule has 0 aliphatic carbocycles. The van der Waals surface area contributed by atoms with Crippen LogP contribution in [0.1, 0.15) is 10.4 Å². The van der Waals surface area contributed by atoms with Crippen molar-refractivity contribution in [2.75, 3.05) is 0 Å². The van der Waals surface area contributed by atoms with Crippen molar-refractivity contribution in [3.05, 3.63) is 46.4 Å². The van der Waals surface area contributed by atoms with Crippen molar-refractivity contribution in [2.45, 2.75) is 42.0 Å². The van der Waals surface area contributed by atoms with Gasteiger partial charge < -0.3 is 0 Å². The molecule has 4 nitrogen and oxygen atoms in total. The number of rotatable bonds is 9. The zero-order chi connectivity index (χ0) is 31.2. The van der Waals surface area contributed by atoms with Gasteiger partial charge in [0.25, 0.3) is 11.7 Å². The average Bonchev–Trinajstić information content (AvgIpc) is 2.76. The lowest BCUT2D eigenvalue weighted by molar-refractivity contribution is -0.435. The molecule has 1 amide bonds. The van der Waals surface area contributed by atoms with E-state index >= 15 is 0 Å². The molecule has 0 spiro atoms. The minimum Gasteiger partial charge on any atom is -0.291 e. The Balaban J connectivity index is 3.55. The highest BCUT2D eigenvalue weighted by Crippen LogP contribution is 2.60. The monoisotopic (exact) mass is 628 g/mol. The zero-order valence-electron chi connectivity index (χ0n) is 17.4. The lowest BCUT2D eigenvalue weighted by Gasteiger charge is -2.39. The second-order valence-electron chi connectivity index (χ2n) is 6.97. The molecule has 222 valence electrons. The maximum atomic E-state index is 14.0. The van der Waals surface area contributed by atoms with E-state index in [9.17, 15) is 84.2 Å². The molecule has 1 aromatic rings. The van der Waals surface area contributed by atoms with E-state index in [0.717, 1.165) is 29.7 Å². The van der Waals surface area contributed by atoms with Crippen LogP contribution < -0.4 is 10.9 Å². The Morgan fingerprint density at radius 1 is 0.615 bits per heavy atom. The first-order chi connectivity index (χ1) is 17.1. The number of hydrogen-bond acceptors (Lipinski definition) is 3. The first kappa shape index (κ1) is 34.0. The van der Waals surface area contributed by atoms with Crippen LogP contribution in [0.3, 0.4) is 0 Å². The number of carbonyl (C=O) groups is 2. The Hall–Kier alpha value is -3.00. The van der Waals surface area contributed by atoms with Crippen molar-refractivity contribution in [1.29, 1.82) is 0 Å². The van der Waals surface area contributed by atoms with E-state index in [1.54, 1.807) is 0 Å². The summed E-state index contributed by atoms with van der Waals surface area (Å²) in [5.74, 6) is -52.1. The second-order valence-corrected chi connectivity index (χ2v) is 7.41. The van der Waals surface area contributed by atoms with Crippen LogP contribution in [0.5, 0.6) is 0 Å². The third-order valence-electron chi connectivity index (χ3n) is 4.33. The van der Waals surface area contributed by atoms with Gasteiger partial charge >= 0.3 is 42.0 Å². The normalized spacial score (nSPS) is 15.0. The van der Waals surface area contributed by atoms with E-state index in [0.29, 0.717) is 5.43 Å². The molecule has 0 unspecified atom stereocenters. The Bertz CT molecular complexity index is 1120. The summed E-state index contributed by atoms with van der Waals surface area (Å²) in [5.41, 5.74) is -2.81. The van der Waals surface area contributed by atoms with E-state index in [1.807, 2.05) is 0 Å². The highest BCUT2D eigenvalue weighted by Gasteiger charge is 2.91. The van der Waals surface area contributed by atoms with Gasteiger partial charge in [0, 0.05) is 10.6 Å². The third kappa shape index (κ3) is 5.81. The minimum absolute atomic E-state index is 0.0504. The number of Topliss-reactive ketones (excluding diaryl/α,β-unsaturated/α-hetero) is 1. The predicted octanol–water partition coefficient (Wildman–Crippen LogP) is 6.63. The van der Waals surface area contributed by atoms with Crippen LogP contribution in [0, 0.1) is 0 Å². The standard InChI is InChI=1S/C17H6ClF17N2O2/c18-6-3-1-5(2-4-6)10(39)37-36-8(12(22,23)24)7(19)9(38)11(20,21)13(25,26)14(27,28)15(29,30)16(31,32)17(33,34)35/h1-4,36H,(H,37,39)/b8-7+. The van der Waals surface area contributed by atoms with Crippen molar-refractivity contribution in [2.24, 2.45) is 0 Å². The lowest BCUT2D eigenvalue weighted by Crippen LogP contribution is -2.71. The number of alkyl halides is 16. The first-order valence-electron chi connectivity index (χ1n) is 8.88. The van der Waals surface area contributed by atoms with Crippen molar-refractivity contribution < 1.29 is 84.2 Å². The fourth-order valence-corrected chi connectivity index (χ4v) is 2.33. The molecule has 0 bridgehead atoms. The molecular formula is C17H6ClF17N2O2. The van der Waals surface area contributed by atoms with Gasteiger partial charge in [-0.3, -0.25) is 20.4 Å². The van der Waals surface area contributed by atoms with Crippen molar-refractivity contribution >= 4 is 23.3 Å². The van der Waals surface area contributed by atoms with Crippen LogP contribution >= 0.6 is 11.6 Å².